The molecule has 0 saturated heterocycles. The second-order valence-electron chi connectivity index (χ2n) is 4.69. The Morgan fingerprint density at radius 1 is 1.22 bits per heavy atom. The summed E-state index contributed by atoms with van der Waals surface area (Å²) >= 11 is 1.33. The van der Waals surface area contributed by atoms with Crippen LogP contribution in [0.2, 0.25) is 0 Å². The van der Waals surface area contributed by atoms with Gasteiger partial charge in [0.1, 0.15) is 5.82 Å². The molecule has 5 nitrogen and oxygen atoms in total. The largest absolute Gasteiger partial charge is 0.872 e. The molecule has 0 aliphatic heterocycles. The highest BCUT2D eigenvalue weighted by atomic mass is 32.1. The second-order valence-corrected chi connectivity index (χ2v) is 5.54. The molecule has 23 heavy (non-hydrogen) atoms. The fourth-order valence-electron chi connectivity index (χ4n) is 1.98. The van der Waals surface area contributed by atoms with Crippen molar-refractivity contribution in [1.82, 2.24) is 4.98 Å². The molecule has 0 aliphatic carbocycles. The quantitative estimate of drug-likeness (QED) is 0.765. The van der Waals surface area contributed by atoms with Gasteiger partial charge in [0.05, 0.1) is 11.3 Å². The molecule has 0 fully saturated rings. The molecule has 3 rings (SSSR count). The van der Waals surface area contributed by atoms with Gasteiger partial charge in [-0.25, -0.2) is 14.2 Å². The van der Waals surface area contributed by atoms with Gasteiger partial charge in [-0.1, -0.05) is 5.75 Å². The average molecular weight is 329 g/mol. The number of benzene rings is 2. The van der Waals surface area contributed by atoms with E-state index in [1.807, 2.05) is 0 Å². The predicted octanol–water partition coefficient (Wildman–Crippen LogP) is 3.46. The number of aromatic carboxylic acids is 1. The van der Waals surface area contributed by atoms with Crippen molar-refractivity contribution < 1.29 is 19.4 Å². The molecule has 0 atom stereocenters. The molecular formula is C16H10FN2O3S-. The van der Waals surface area contributed by atoms with E-state index in [-0.39, 0.29) is 11.4 Å². The molecule has 0 spiro atoms. The number of carboxylic acids is 1. The third-order valence-electron chi connectivity index (χ3n) is 3.11. The molecule has 1 heterocycles. The van der Waals surface area contributed by atoms with E-state index in [0.717, 1.165) is 5.56 Å². The van der Waals surface area contributed by atoms with Gasteiger partial charge in [0, 0.05) is 16.6 Å². The van der Waals surface area contributed by atoms with Crippen LogP contribution < -0.4 is 10.4 Å². The van der Waals surface area contributed by atoms with Gasteiger partial charge >= 0.3 is 5.97 Å². The molecule has 0 bridgehead atoms. The van der Waals surface area contributed by atoms with E-state index in [9.17, 15) is 14.3 Å². The van der Waals surface area contributed by atoms with Crippen LogP contribution in [-0.2, 0) is 0 Å². The van der Waals surface area contributed by atoms with E-state index in [1.54, 1.807) is 17.5 Å². The summed E-state index contributed by atoms with van der Waals surface area (Å²) in [5.41, 5.74) is 1.64. The number of rotatable bonds is 4. The Morgan fingerprint density at radius 3 is 2.61 bits per heavy atom. The number of hydrogen-bond acceptors (Lipinski definition) is 5. The van der Waals surface area contributed by atoms with Gasteiger partial charge < -0.3 is 15.5 Å². The van der Waals surface area contributed by atoms with Crippen molar-refractivity contribution in [2.24, 2.45) is 0 Å². The summed E-state index contributed by atoms with van der Waals surface area (Å²) in [4.78, 5) is 15.2. The highest BCUT2D eigenvalue weighted by Crippen LogP contribution is 2.28. The zero-order valence-corrected chi connectivity index (χ0v) is 12.4. The zero-order valence-electron chi connectivity index (χ0n) is 11.6. The lowest BCUT2D eigenvalue weighted by atomic mass is 10.2. The first-order valence-electron chi connectivity index (χ1n) is 6.56. The van der Waals surface area contributed by atoms with Crippen molar-refractivity contribution in [3.05, 3.63) is 59.2 Å². The number of hydrogen-bond donors (Lipinski definition) is 2. The molecular weight excluding hydrogens is 319 g/mol. The molecule has 2 aromatic carbocycles. The zero-order chi connectivity index (χ0) is 16.4. The van der Waals surface area contributed by atoms with Crippen LogP contribution in [-0.4, -0.2) is 16.1 Å². The third-order valence-corrected chi connectivity index (χ3v) is 3.87. The van der Waals surface area contributed by atoms with Crippen molar-refractivity contribution in [2.45, 2.75) is 0 Å². The number of halogens is 1. The van der Waals surface area contributed by atoms with Crippen molar-refractivity contribution in [3.8, 4) is 17.0 Å². The van der Waals surface area contributed by atoms with Crippen LogP contribution in [0.4, 0.5) is 15.2 Å². The number of thiazole rings is 1. The highest BCUT2D eigenvalue weighted by Gasteiger charge is 2.07. The minimum absolute atomic E-state index is 0.276. The summed E-state index contributed by atoms with van der Waals surface area (Å²) in [6, 6.07) is 9.94. The number of nitrogens with one attached hydrogen (secondary N) is 1. The van der Waals surface area contributed by atoms with Gasteiger partial charge in [-0.05, 0) is 42.5 Å². The van der Waals surface area contributed by atoms with Crippen LogP contribution in [0.5, 0.6) is 5.75 Å². The maximum Gasteiger partial charge on any atom is 0.335 e. The predicted molar refractivity (Wildman–Crippen MR) is 83.6 cm³/mol. The summed E-state index contributed by atoms with van der Waals surface area (Å²) < 4.78 is 12.9. The van der Waals surface area contributed by atoms with Gasteiger partial charge in [0.15, 0.2) is 5.13 Å². The molecule has 116 valence electrons. The first-order chi connectivity index (χ1) is 11.0. The van der Waals surface area contributed by atoms with Crippen LogP contribution in [0.15, 0.2) is 47.8 Å². The second kappa shape index (κ2) is 6.05. The van der Waals surface area contributed by atoms with Crippen molar-refractivity contribution in [3.63, 3.8) is 0 Å². The van der Waals surface area contributed by atoms with E-state index in [4.69, 9.17) is 5.11 Å². The van der Waals surface area contributed by atoms with Crippen LogP contribution in [0, 0.1) is 5.82 Å². The smallest absolute Gasteiger partial charge is 0.335 e. The molecule has 2 N–H and O–H groups in total. The monoisotopic (exact) mass is 329 g/mol. The molecule has 3 aromatic rings. The van der Waals surface area contributed by atoms with Crippen LogP contribution in [0.3, 0.4) is 0 Å². The summed E-state index contributed by atoms with van der Waals surface area (Å²) in [6.07, 6.45) is 0. The standard InChI is InChI=1S/C16H11FN2O3S/c17-10-3-1-9(2-4-10)13-8-23-16(19-13)18-11-5-6-12(15(21)22)14(20)7-11/h1-8,20H,(H,18,19)(H,21,22)/p-1. The topological polar surface area (TPSA) is 85.3 Å². The number of nitrogens with zero attached hydrogens (tertiary/aromatic N) is 1. The average Bonchev–Trinajstić information content (AvgIpc) is 2.96. The first-order valence-corrected chi connectivity index (χ1v) is 7.44. The van der Waals surface area contributed by atoms with E-state index in [1.165, 1.54) is 41.7 Å². The number of aromatic nitrogens is 1. The number of anilines is 2. The number of carboxylic acid groups (broad SMARTS) is 1. The minimum Gasteiger partial charge on any atom is -0.872 e. The fraction of sp³-hybridized carbons (Fsp3) is 0. The Bertz CT molecular complexity index is 862. The molecule has 0 aliphatic rings. The third kappa shape index (κ3) is 3.29. The Hall–Kier alpha value is -2.93. The lowest BCUT2D eigenvalue weighted by Crippen LogP contribution is -2.04. The highest BCUT2D eigenvalue weighted by molar-refractivity contribution is 7.14. The van der Waals surface area contributed by atoms with Gasteiger partial charge in [-0.15, -0.1) is 11.3 Å². The van der Waals surface area contributed by atoms with Gasteiger partial charge in [0.25, 0.3) is 0 Å². The van der Waals surface area contributed by atoms with Crippen LogP contribution in [0.1, 0.15) is 10.4 Å². The van der Waals surface area contributed by atoms with Gasteiger partial charge in [-0.3, -0.25) is 0 Å². The van der Waals surface area contributed by atoms with Crippen molar-refractivity contribution in [1.29, 1.82) is 0 Å². The summed E-state index contributed by atoms with van der Waals surface area (Å²) in [6.45, 7) is 0. The van der Waals surface area contributed by atoms with Crippen molar-refractivity contribution in [2.75, 3.05) is 5.32 Å². The lowest BCUT2D eigenvalue weighted by Gasteiger charge is -2.12. The van der Waals surface area contributed by atoms with E-state index in [0.29, 0.717) is 16.5 Å². The summed E-state index contributed by atoms with van der Waals surface area (Å²) in [5.74, 6) is -2.14. The molecule has 0 unspecified atom stereocenters. The van der Waals surface area contributed by atoms with Crippen LogP contribution >= 0.6 is 11.3 Å². The maximum absolute atomic E-state index is 12.9. The Labute approximate surface area is 134 Å². The van der Waals surface area contributed by atoms with E-state index in [2.05, 4.69) is 10.3 Å². The summed E-state index contributed by atoms with van der Waals surface area (Å²) in [5, 5.41) is 25.8. The molecule has 1 aromatic heterocycles. The molecule has 0 amide bonds. The SMILES string of the molecule is O=C(O)c1ccc(Nc2nc(-c3ccc(F)cc3)cs2)cc1[O-]. The minimum atomic E-state index is -1.26. The molecule has 7 heteroatoms. The normalized spacial score (nSPS) is 10.5. The fourth-order valence-corrected chi connectivity index (χ4v) is 2.72. The Balaban J connectivity index is 1.80. The molecule has 0 radical (unpaired) electrons. The van der Waals surface area contributed by atoms with E-state index >= 15 is 0 Å². The summed E-state index contributed by atoms with van der Waals surface area (Å²) in [7, 11) is 0. The number of carbonyl (C=O) groups is 1. The van der Waals surface area contributed by atoms with Gasteiger partial charge in [0.2, 0.25) is 0 Å². The van der Waals surface area contributed by atoms with Crippen LogP contribution in [0.25, 0.3) is 11.3 Å². The van der Waals surface area contributed by atoms with E-state index < -0.39 is 11.7 Å². The maximum atomic E-state index is 12.9. The Morgan fingerprint density at radius 2 is 1.96 bits per heavy atom. The Kier molecular flexibility index (Phi) is 3.94. The first kappa shape index (κ1) is 15.0. The molecule has 0 saturated carbocycles. The van der Waals surface area contributed by atoms with Gasteiger partial charge in [-0.2, -0.15) is 0 Å². The lowest BCUT2D eigenvalue weighted by molar-refractivity contribution is -0.268. The van der Waals surface area contributed by atoms with Crippen molar-refractivity contribution >= 4 is 28.1 Å².